The molecule has 3 rings (SSSR count). The Balaban J connectivity index is 1.69. The van der Waals surface area contributed by atoms with Gasteiger partial charge in [0.1, 0.15) is 6.33 Å². The Bertz CT molecular complexity index is 762. The predicted molar refractivity (Wildman–Crippen MR) is 83.4 cm³/mol. The van der Waals surface area contributed by atoms with Crippen LogP contribution in [0.1, 0.15) is 11.1 Å². The van der Waals surface area contributed by atoms with Crippen LogP contribution in [0.15, 0.2) is 54.9 Å². The maximum absolute atomic E-state index is 12.2. The number of aryl methyl sites for hydroxylation is 1. The van der Waals surface area contributed by atoms with Crippen LogP contribution >= 0.6 is 0 Å². The molecule has 0 saturated heterocycles. The molecule has 0 aliphatic rings. The lowest BCUT2D eigenvalue weighted by Gasteiger charge is -2.06. The number of nitrogens with zero attached hydrogens (tertiary/aromatic N) is 2. The lowest BCUT2D eigenvalue weighted by molar-refractivity contribution is 0.243. The quantitative estimate of drug-likeness (QED) is 0.800. The fourth-order valence-corrected chi connectivity index (χ4v) is 2.39. The molecule has 0 fully saturated rings. The van der Waals surface area contributed by atoms with Crippen LogP contribution in [-0.2, 0) is 6.42 Å². The van der Waals surface area contributed by atoms with E-state index in [4.69, 9.17) is 0 Å². The minimum absolute atomic E-state index is 0.140. The Morgan fingerprint density at radius 2 is 1.95 bits per heavy atom. The number of fused-ring (bicyclic) bond motifs is 1. The first kappa shape index (κ1) is 13.4. The van der Waals surface area contributed by atoms with E-state index in [0.29, 0.717) is 6.54 Å². The number of benzene rings is 2. The summed E-state index contributed by atoms with van der Waals surface area (Å²) in [5.74, 6) is 0. The molecular weight excluding hydrogens is 262 g/mol. The van der Waals surface area contributed by atoms with E-state index >= 15 is 0 Å². The van der Waals surface area contributed by atoms with Gasteiger partial charge in [0.25, 0.3) is 0 Å². The highest BCUT2D eigenvalue weighted by molar-refractivity contribution is 5.90. The van der Waals surface area contributed by atoms with Crippen LogP contribution in [0.25, 0.3) is 11.0 Å². The number of carbonyl (C=O) groups is 1. The molecule has 106 valence electrons. The fourth-order valence-electron chi connectivity index (χ4n) is 2.39. The van der Waals surface area contributed by atoms with Gasteiger partial charge >= 0.3 is 6.03 Å². The van der Waals surface area contributed by atoms with Gasteiger partial charge in [-0.2, -0.15) is 0 Å². The molecule has 0 bridgehead atoms. The molecule has 0 spiro atoms. The zero-order chi connectivity index (χ0) is 14.7. The maximum atomic E-state index is 12.2. The van der Waals surface area contributed by atoms with Gasteiger partial charge in [-0.3, -0.25) is 4.57 Å². The van der Waals surface area contributed by atoms with E-state index in [9.17, 15) is 4.79 Å². The summed E-state index contributed by atoms with van der Waals surface area (Å²) in [6.07, 6.45) is 2.40. The molecule has 0 aliphatic carbocycles. The average Bonchev–Trinajstić information content (AvgIpc) is 2.94. The monoisotopic (exact) mass is 279 g/mol. The molecular formula is C17H17N3O. The minimum Gasteiger partial charge on any atom is -0.337 e. The summed E-state index contributed by atoms with van der Waals surface area (Å²) in [4.78, 5) is 16.5. The van der Waals surface area contributed by atoms with Crippen molar-refractivity contribution in [3.63, 3.8) is 0 Å². The molecule has 4 heteroatoms. The Morgan fingerprint density at radius 3 is 2.76 bits per heavy atom. The standard InChI is InChI=1S/C17H17N3O/c1-13-6-5-9-15-16(13)19-12-20(15)17(21)18-11-10-14-7-3-2-4-8-14/h2-9,12H,10-11H2,1H3,(H,18,21). The summed E-state index contributed by atoms with van der Waals surface area (Å²) in [7, 11) is 0. The zero-order valence-corrected chi connectivity index (χ0v) is 11.9. The number of imidazole rings is 1. The second-order valence-electron chi connectivity index (χ2n) is 5.02. The van der Waals surface area contributed by atoms with Gasteiger partial charge in [0, 0.05) is 6.54 Å². The first-order chi connectivity index (χ1) is 10.3. The van der Waals surface area contributed by atoms with Crippen molar-refractivity contribution in [2.75, 3.05) is 6.54 Å². The normalized spacial score (nSPS) is 10.7. The number of amides is 1. The van der Waals surface area contributed by atoms with E-state index in [1.807, 2.05) is 43.3 Å². The van der Waals surface area contributed by atoms with Crippen LogP contribution in [0.4, 0.5) is 4.79 Å². The molecule has 1 aromatic heterocycles. The third-order valence-electron chi connectivity index (χ3n) is 3.53. The number of carbonyl (C=O) groups excluding carboxylic acids is 1. The highest BCUT2D eigenvalue weighted by Crippen LogP contribution is 2.16. The van der Waals surface area contributed by atoms with E-state index in [0.717, 1.165) is 23.0 Å². The molecule has 2 aromatic carbocycles. The van der Waals surface area contributed by atoms with Gasteiger partial charge in [-0.25, -0.2) is 9.78 Å². The molecule has 1 amide bonds. The van der Waals surface area contributed by atoms with Crippen molar-refractivity contribution in [2.24, 2.45) is 0 Å². The lowest BCUT2D eigenvalue weighted by atomic mass is 10.1. The second-order valence-corrected chi connectivity index (χ2v) is 5.02. The van der Waals surface area contributed by atoms with Gasteiger partial charge in [0.2, 0.25) is 0 Å². The van der Waals surface area contributed by atoms with E-state index < -0.39 is 0 Å². The van der Waals surface area contributed by atoms with Crippen LogP contribution in [0.2, 0.25) is 0 Å². The molecule has 4 nitrogen and oxygen atoms in total. The van der Waals surface area contributed by atoms with E-state index in [2.05, 4.69) is 22.4 Å². The number of hydrogen-bond acceptors (Lipinski definition) is 2. The van der Waals surface area contributed by atoms with Crippen molar-refractivity contribution in [3.8, 4) is 0 Å². The summed E-state index contributed by atoms with van der Waals surface area (Å²) in [5, 5.41) is 2.93. The molecule has 3 aromatic rings. The molecule has 1 N–H and O–H groups in total. The minimum atomic E-state index is -0.140. The number of aromatic nitrogens is 2. The SMILES string of the molecule is Cc1cccc2c1ncn2C(=O)NCCc1ccccc1. The number of nitrogens with one attached hydrogen (secondary N) is 1. The van der Waals surface area contributed by atoms with Crippen molar-refractivity contribution in [1.82, 2.24) is 14.9 Å². The van der Waals surface area contributed by atoms with Crippen LogP contribution in [0.3, 0.4) is 0 Å². The predicted octanol–water partition coefficient (Wildman–Crippen LogP) is 3.15. The molecule has 0 saturated carbocycles. The third-order valence-corrected chi connectivity index (χ3v) is 3.53. The van der Waals surface area contributed by atoms with Gasteiger partial charge < -0.3 is 5.32 Å². The second kappa shape index (κ2) is 5.79. The summed E-state index contributed by atoms with van der Waals surface area (Å²) in [6, 6.07) is 15.8. The summed E-state index contributed by atoms with van der Waals surface area (Å²) in [5.41, 5.74) is 4.00. The van der Waals surface area contributed by atoms with Crippen molar-refractivity contribution in [3.05, 3.63) is 66.0 Å². The van der Waals surface area contributed by atoms with Crippen LogP contribution < -0.4 is 5.32 Å². The van der Waals surface area contributed by atoms with Gasteiger partial charge in [-0.1, -0.05) is 42.5 Å². The van der Waals surface area contributed by atoms with E-state index in [1.165, 1.54) is 5.56 Å². The average molecular weight is 279 g/mol. The van der Waals surface area contributed by atoms with Gasteiger partial charge in [-0.15, -0.1) is 0 Å². The summed E-state index contributed by atoms with van der Waals surface area (Å²) in [6.45, 7) is 2.60. The molecule has 0 radical (unpaired) electrons. The largest absolute Gasteiger partial charge is 0.337 e. The lowest BCUT2D eigenvalue weighted by Crippen LogP contribution is -2.29. The molecule has 0 unspecified atom stereocenters. The van der Waals surface area contributed by atoms with Crippen LogP contribution in [-0.4, -0.2) is 22.1 Å². The molecule has 0 atom stereocenters. The van der Waals surface area contributed by atoms with Crippen LogP contribution in [0, 0.1) is 6.92 Å². The molecule has 0 aliphatic heterocycles. The molecule has 1 heterocycles. The first-order valence-electron chi connectivity index (χ1n) is 7.00. The van der Waals surface area contributed by atoms with Gasteiger partial charge in [-0.05, 0) is 30.5 Å². The van der Waals surface area contributed by atoms with Crippen molar-refractivity contribution in [2.45, 2.75) is 13.3 Å². The Morgan fingerprint density at radius 1 is 1.14 bits per heavy atom. The highest BCUT2D eigenvalue weighted by Gasteiger charge is 2.10. The summed E-state index contributed by atoms with van der Waals surface area (Å²) >= 11 is 0. The Hall–Kier alpha value is -2.62. The first-order valence-corrected chi connectivity index (χ1v) is 7.00. The molecule has 21 heavy (non-hydrogen) atoms. The van der Waals surface area contributed by atoms with Crippen molar-refractivity contribution in [1.29, 1.82) is 0 Å². The number of rotatable bonds is 3. The van der Waals surface area contributed by atoms with E-state index in [1.54, 1.807) is 10.9 Å². The Kier molecular flexibility index (Phi) is 3.69. The Labute approximate surface area is 123 Å². The number of hydrogen-bond donors (Lipinski definition) is 1. The summed E-state index contributed by atoms with van der Waals surface area (Å²) < 4.78 is 1.56. The van der Waals surface area contributed by atoms with Gasteiger partial charge in [0.15, 0.2) is 0 Å². The smallest absolute Gasteiger partial charge is 0.327 e. The topological polar surface area (TPSA) is 46.9 Å². The number of para-hydroxylation sites is 1. The zero-order valence-electron chi connectivity index (χ0n) is 11.9. The third kappa shape index (κ3) is 2.79. The maximum Gasteiger partial charge on any atom is 0.327 e. The van der Waals surface area contributed by atoms with Crippen molar-refractivity contribution < 1.29 is 4.79 Å². The van der Waals surface area contributed by atoms with Crippen molar-refractivity contribution >= 4 is 17.1 Å². The van der Waals surface area contributed by atoms with E-state index in [-0.39, 0.29) is 6.03 Å². The highest BCUT2D eigenvalue weighted by atomic mass is 16.2. The van der Waals surface area contributed by atoms with Crippen LogP contribution in [0.5, 0.6) is 0 Å². The van der Waals surface area contributed by atoms with Gasteiger partial charge in [0.05, 0.1) is 11.0 Å². The fraction of sp³-hybridized carbons (Fsp3) is 0.176.